The second-order valence-corrected chi connectivity index (χ2v) is 8.76. The highest BCUT2D eigenvalue weighted by Crippen LogP contribution is 2.41. The molecule has 2 aromatic carbocycles. The third kappa shape index (κ3) is 4.15. The molecule has 1 aromatic heterocycles. The van der Waals surface area contributed by atoms with Gasteiger partial charge < -0.3 is 19.5 Å². The van der Waals surface area contributed by atoms with Gasteiger partial charge in [-0.3, -0.25) is 10.4 Å². The molecule has 0 bridgehead atoms. The van der Waals surface area contributed by atoms with Gasteiger partial charge in [-0.25, -0.2) is 4.99 Å². The van der Waals surface area contributed by atoms with Gasteiger partial charge in [-0.2, -0.15) is 0 Å². The average Bonchev–Trinajstić information content (AvgIpc) is 3.33. The minimum atomic E-state index is -1.02. The van der Waals surface area contributed by atoms with Gasteiger partial charge in [-0.05, 0) is 36.6 Å². The molecule has 0 saturated carbocycles. The number of hydrazine groups is 1. The van der Waals surface area contributed by atoms with Gasteiger partial charge in [-0.1, -0.05) is 55.8 Å². The van der Waals surface area contributed by atoms with Crippen molar-refractivity contribution in [2.24, 2.45) is 4.99 Å². The van der Waals surface area contributed by atoms with E-state index < -0.39 is 24.5 Å². The fourth-order valence-corrected chi connectivity index (χ4v) is 4.58. The van der Waals surface area contributed by atoms with Crippen molar-refractivity contribution in [2.45, 2.75) is 57.8 Å². The number of ether oxygens (including phenoxy) is 1. The highest BCUT2D eigenvalue weighted by atomic mass is 16.6. The number of nitrogens with one attached hydrogen (secondary N) is 1. The molecule has 3 aromatic rings. The summed E-state index contributed by atoms with van der Waals surface area (Å²) in [6.45, 7) is 4.54. The van der Waals surface area contributed by atoms with Crippen LogP contribution in [-0.2, 0) is 17.7 Å². The van der Waals surface area contributed by atoms with E-state index >= 15 is 0 Å². The van der Waals surface area contributed by atoms with Crippen molar-refractivity contribution in [2.75, 3.05) is 5.43 Å². The summed E-state index contributed by atoms with van der Waals surface area (Å²) < 4.78 is 7.75. The van der Waals surface area contributed by atoms with E-state index in [0.29, 0.717) is 6.54 Å². The van der Waals surface area contributed by atoms with Crippen molar-refractivity contribution in [3.8, 4) is 11.1 Å². The van der Waals surface area contributed by atoms with Crippen LogP contribution in [-0.4, -0.2) is 44.4 Å². The number of aliphatic hydroxyl groups is 2. The summed E-state index contributed by atoms with van der Waals surface area (Å²) >= 11 is 0. The largest absolute Gasteiger partial charge is 0.388 e. The van der Waals surface area contributed by atoms with Crippen molar-refractivity contribution in [1.29, 1.82) is 0 Å². The zero-order chi connectivity index (χ0) is 22.9. The van der Waals surface area contributed by atoms with Crippen molar-refractivity contribution in [3.63, 3.8) is 0 Å². The summed E-state index contributed by atoms with van der Waals surface area (Å²) in [6, 6.07) is 18.6. The molecule has 0 unspecified atom stereocenters. The number of hydrogen-bond donors (Lipinski definition) is 3. The molecule has 4 atom stereocenters. The van der Waals surface area contributed by atoms with Gasteiger partial charge in [0.15, 0.2) is 6.23 Å². The van der Waals surface area contributed by atoms with Crippen molar-refractivity contribution < 1.29 is 14.9 Å². The van der Waals surface area contributed by atoms with Crippen LogP contribution in [0.3, 0.4) is 0 Å². The predicted octanol–water partition coefficient (Wildman–Crippen LogP) is 4.25. The molecular formula is C26H30N4O3. The van der Waals surface area contributed by atoms with Gasteiger partial charge in [0.25, 0.3) is 0 Å². The Morgan fingerprint density at radius 3 is 2.48 bits per heavy atom. The van der Waals surface area contributed by atoms with E-state index in [-0.39, 0.29) is 0 Å². The van der Waals surface area contributed by atoms with Gasteiger partial charge >= 0.3 is 0 Å². The van der Waals surface area contributed by atoms with E-state index in [0.717, 1.165) is 41.0 Å². The van der Waals surface area contributed by atoms with Gasteiger partial charge in [0.2, 0.25) is 0 Å². The maximum atomic E-state index is 10.6. The van der Waals surface area contributed by atoms with Crippen molar-refractivity contribution >= 4 is 17.8 Å². The van der Waals surface area contributed by atoms with Crippen LogP contribution in [0, 0.1) is 0 Å². The van der Waals surface area contributed by atoms with E-state index in [2.05, 4.69) is 48.7 Å². The maximum Gasteiger partial charge on any atom is 0.164 e. The molecule has 7 heteroatoms. The molecule has 172 valence electrons. The lowest BCUT2D eigenvalue weighted by atomic mass is 10.0. The molecule has 5 rings (SSSR count). The third-order valence-electron chi connectivity index (χ3n) is 6.36. The van der Waals surface area contributed by atoms with Crippen molar-refractivity contribution in [1.82, 2.24) is 9.58 Å². The molecule has 3 N–H and O–H groups in total. The molecule has 0 amide bonds. The summed E-state index contributed by atoms with van der Waals surface area (Å²) in [6.07, 6.45) is 2.83. The van der Waals surface area contributed by atoms with Gasteiger partial charge in [0.05, 0.1) is 18.3 Å². The van der Waals surface area contributed by atoms with Crippen LogP contribution in [0.5, 0.6) is 0 Å². The molecule has 1 fully saturated rings. The Bertz CT molecular complexity index is 1130. The highest BCUT2D eigenvalue weighted by molar-refractivity contribution is 5.77. The maximum absolute atomic E-state index is 10.6. The standard InChI is InChI=1S/C26H30N4O3/c1-3-7-18-10-12-20(13-11-18)28-29-14-22-21(19-8-5-4-6-9-19)15-30(25(22)27-16-29)26-24(32)23(31)17(2)33-26/h4-6,8-13,15-17,23-24,26,28,31-32H,3,7,14H2,1-2H3/t17-,23-,24-,26-/m1/s1. The van der Waals surface area contributed by atoms with Crippen LogP contribution in [0.2, 0.25) is 0 Å². The van der Waals surface area contributed by atoms with E-state index in [1.54, 1.807) is 13.3 Å². The van der Waals surface area contributed by atoms with Crippen molar-refractivity contribution in [3.05, 3.63) is 71.9 Å². The number of nitrogens with zero attached hydrogens (tertiary/aromatic N) is 3. The van der Waals surface area contributed by atoms with E-state index in [9.17, 15) is 10.2 Å². The Balaban J connectivity index is 1.46. The number of hydrogen-bond acceptors (Lipinski definition) is 6. The molecule has 3 heterocycles. The first-order chi connectivity index (χ1) is 16.0. The second-order valence-electron chi connectivity index (χ2n) is 8.76. The minimum absolute atomic E-state index is 0.454. The summed E-state index contributed by atoms with van der Waals surface area (Å²) in [7, 11) is 0. The van der Waals surface area contributed by atoms with Crippen LogP contribution < -0.4 is 5.43 Å². The number of anilines is 1. The Labute approximate surface area is 193 Å². The fourth-order valence-electron chi connectivity index (χ4n) is 4.58. The van der Waals surface area contributed by atoms with Crippen LogP contribution in [0.15, 0.2) is 65.8 Å². The van der Waals surface area contributed by atoms with Crippen LogP contribution in [0.1, 0.15) is 37.6 Å². The Morgan fingerprint density at radius 1 is 1.06 bits per heavy atom. The zero-order valence-corrected chi connectivity index (χ0v) is 18.9. The minimum Gasteiger partial charge on any atom is -0.388 e. The smallest absolute Gasteiger partial charge is 0.164 e. The normalized spacial score (nSPS) is 24.2. The average molecular weight is 447 g/mol. The molecular weight excluding hydrogens is 416 g/mol. The number of aryl methyl sites for hydroxylation is 1. The van der Waals surface area contributed by atoms with Gasteiger partial charge in [-0.15, -0.1) is 0 Å². The lowest BCUT2D eigenvalue weighted by molar-refractivity contribution is -0.0308. The molecule has 2 aliphatic heterocycles. The van der Waals surface area contributed by atoms with Gasteiger partial charge in [0.1, 0.15) is 24.4 Å². The van der Waals surface area contributed by atoms with E-state index in [4.69, 9.17) is 9.73 Å². The summed E-state index contributed by atoms with van der Waals surface area (Å²) in [5, 5.41) is 22.8. The summed E-state index contributed by atoms with van der Waals surface area (Å²) in [4.78, 5) is 4.72. The van der Waals surface area contributed by atoms with Crippen LogP contribution in [0.25, 0.3) is 11.1 Å². The predicted molar refractivity (Wildman–Crippen MR) is 129 cm³/mol. The quantitative estimate of drug-likeness (QED) is 0.527. The Hall–Kier alpha value is -3.13. The monoisotopic (exact) mass is 446 g/mol. The first-order valence-corrected chi connectivity index (χ1v) is 11.5. The molecule has 7 nitrogen and oxygen atoms in total. The number of benzene rings is 2. The molecule has 0 spiro atoms. The number of fused-ring (bicyclic) bond motifs is 1. The Kier molecular flexibility index (Phi) is 5.93. The topological polar surface area (TPSA) is 82.3 Å². The van der Waals surface area contributed by atoms with Crippen LogP contribution in [0.4, 0.5) is 11.5 Å². The second kappa shape index (κ2) is 9.02. The summed E-state index contributed by atoms with van der Waals surface area (Å²) in [5.41, 5.74) is 8.87. The molecule has 0 aliphatic carbocycles. The first kappa shape index (κ1) is 21.7. The Morgan fingerprint density at radius 2 is 1.82 bits per heavy atom. The van der Waals surface area contributed by atoms with Crippen LogP contribution >= 0.6 is 0 Å². The number of aliphatic hydroxyl groups excluding tert-OH is 2. The molecule has 1 saturated heterocycles. The number of aromatic nitrogens is 1. The van der Waals surface area contributed by atoms with Gasteiger partial charge in [0, 0.05) is 17.3 Å². The van der Waals surface area contributed by atoms with E-state index in [1.807, 2.05) is 34.0 Å². The fraction of sp³-hybridized carbons (Fsp3) is 0.346. The number of aliphatic imine (C=N–C) groups is 1. The number of rotatable bonds is 6. The molecule has 0 radical (unpaired) electrons. The molecule has 2 aliphatic rings. The lowest BCUT2D eigenvalue weighted by Crippen LogP contribution is -2.31. The first-order valence-electron chi connectivity index (χ1n) is 11.5. The molecule has 33 heavy (non-hydrogen) atoms. The SMILES string of the molecule is CCCc1ccc(NN2C=Nc3c(c(-c4ccccc4)cn3[C@@H]3O[C@H](C)[C@@H](O)[C@H]3O)C2)cc1. The summed E-state index contributed by atoms with van der Waals surface area (Å²) in [5.74, 6) is 0.732. The third-order valence-corrected chi connectivity index (χ3v) is 6.36. The van der Waals surface area contributed by atoms with E-state index in [1.165, 1.54) is 5.56 Å². The zero-order valence-electron chi connectivity index (χ0n) is 18.9. The lowest BCUT2D eigenvalue weighted by Gasteiger charge is -2.26. The highest BCUT2D eigenvalue weighted by Gasteiger charge is 2.42.